The van der Waals surface area contributed by atoms with Crippen LogP contribution in [0.4, 0.5) is 11.8 Å². The number of hydrogen-bond acceptors (Lipinski definition) is 9. The molecule has 1 aromatic carbocycles. The first-order valence-electron chi connectivity index (χ1n) is 10.6. The third kappa shape index (κ3) is 4.72. The number of morpholine rings is 1. The van der Waals surface area contributed by atoms with Crippen molar-refractivity contribution in [1.82, 2.24) is 25.3 Å². The lowest BCUT2D eigenvalue weighted by atomic mass is 10.2. The van der Waals surface area contributed by atoms with E-state index in [9.17, 15) is 0 Å². The largest absolute Gasteiger partial charge is 0.378 e. The van der Waals surface area contributed by atoms with E-state index in [4.69, 9.17) is 37.9 Å². The Morgan fingerprint density at radius 2 is 1.78 bits per heavy atom. The molecule has 4 heterocycles. The molecule has 1 N–H and O–H groups in total. The van der Waals surface area contributed by atoms with Crippen molar-refractivity contribution in [2.24, 2.45) is 0 Å². The molecular formula is C21H23Cl2N7OS. The lowest BCUT2D eigenvalue weighted by molar-refractivity contribution is 0.122. The third-order valence-corrected chi connectivity index (χ3v) is 7.12. The van der Waals surface area contributed by atoms with Crippen molar-refractivity contribution in [1.29, 1.82) is 0 Å². The maximum atomic E-state index is 6.38. The Labute approximate surface area is 200 Å². The Bertz CT molecular complexity index is 1110. The summed E-state index contributed by atoms with van der Waals surface area (Å²) in [5.41, 5.74) is 2.54. The molecule has 8 nitrogen and oxygen atoms in total. The summed E-state index contributed by atoms with van der Waals surface area (Å²) in [6.45, 7) is 6.47. The zero-order valence-electron chi connectivity index (χ0n) is 17.4. The number of hydrogen-bond donors (Lipinski definition) is 1. The van der Waals surface area contributed by atoms with Crippen molar-refractivity contribution < 1.29 is 4.74 Å². The van der Waals surface area contributed by atoms with E-state index in [0.29, 0.717) is 29.0 Å². The molecule has 168 valence electrons. The van der Waals surface area contributed by atoms with Crippen LogP contribution in [0, 0.1) is 0 Å². The molecule has 0 radical (unpaired) electrons. The topological polar surface area (TPSA) is 79.3 Å². The predicted molar refractivity (Wildman–Crippen MR) is 129 cm³/mol. The molecule has 0 bridgehead atoms. The molecule has 3 aromatic rings. The van der Waals surface area contributed by atoms with Gasteiger partial charge >= 0.3 is 0 Å². The van der Waals surface area contributed by atoms with E-state index in [1.54, 1.807) is 24.2 Å². The van der Waals surface area contributed by atoms with Gasteiger partial charge in [0.1, 0.15) is 22.4 Å². The smallest absolute Gasteiger partial charge is 0.228 e. The van der Waals surface area contributed by atoms with Gasteiger partial charge in [0.15, 0.2) is 5.82 Å². The zero-order valence-corrected chi connectivity index (χ0v) is 19.8. The summed E-state index contributed by atoms with van der Waals surface area (Å²) in [5.74, 6) is 2.23. The first-order valence-corrected chi connectivity index (χ1v) is 12.3. The van der Waals surface area contributed by atoms with Gasteiger partial charge in [0.2, 0.25) is 5.95 Å². The summed E-state index contributed by atoms with van der Waals surface area (Å²) in [5, 5.41) is 5.47. The average Bonchev–Trinajstić information content (AvgIpc) is 2.84. The number of anilines is 2. The molecule has 2 saturated heterocycles. The fraction of sp³-hybridized carbons (Fsp3) is 0.429. The maximum absolute atomic E-state index is 6.38. The molecule has 11 heteroatoms. The highest BCUT2D eigenvalue weighted by Crippen LogP contribution is 2.34. The van der Waals surface area contributed by atoms with Gasteiger partial charge in [-0.2, -0.15) is 4.98 Å². The average molecular weight is 492 g/mol. The summed E-state index contributed by atoms with van der Waals surface area (Å²) in [4.78, 5) is 23.5. The standard InChI is InChI=1S/C21H23Cl2N7OS/c22-15-2-1-14(16(23)11-15)12-32-20-18-17(25-13-26-20)19(29-7-9-31-10-8-29)28-21(27-18)30-5-3-24-4-6-30/h1-2,11,13,24H,3-10,12H2. The second kappa shape index (κ2) is 9.93. The SMILES string of the molecule is Clc1ccc(CSc2ncnc3c(N4CCOCC4)nc(N4CCNCC4)nc23)c(Cl)c1. The van der Waals surface area contributed by atoms with Crippen LogP contribution in [-0.2, 0) is 10.5 Å². The van der Waals surface area contributed by atoms with Gasteiger partial charge in [-0.15, -0.1) is 0 Å². The van der Waals surface area contributed by atoms with Gasteiger partial charge in [0.25, 0.3) is 0 Å². The first kappa shape index (κ1) is 21.9. The Morgan fingerprint density at radius 3 is 2.56 bits per heavy atom. The number of ether oxygens (including phenoxy) is 1. The van der Waals surface area contributed by atoms with Gasteiger partial charge in [-0.25, -0.2) is 15.0 Å². The van der Waals surface area contributed by atoms with Crippen molar-refractivity contribution >= 4 is 57.8 Å². The lowest BCUT2D eigenvalue weighted by Crippen LogP contribution is -2.44. The second-order valence-corrected chi connectivity index (χ2v) is 9.39. The van der Waals surface area contributed by atoms with Crippen LogP contribution in [0.3, 0.4) is 0 Å². The van der Waals surface area contributed by atoms with E-state index in [2.05, 4.69) is 25.1 Å². The number of nitrogens with zero attached hydrogens (tertiary/aromatic N) is 6. The van der Waals surface area contributed by atoms with E-state index in [0.717, 1.165) is 72.7 Å². The van der Waals surface area contributed by atoms with Crippen LogP contribution < -0.4 is 15.1 Å². The van der Waals surface area contributed by atoms with Gasteiger partial charge in [0, 0.05) is 55.1 Å². The maximum Gasteiger partial charge on any atom is 0.228 e. The van der Waals surface area contributed by atoms with Crippen molar-refractivity contribution in [3.8, 4) is 0 Å². The summed E-state index contributed by atoms with van der Waals surface area (Å²) in [6.07, 6.45) is 1.59. The molecule has 0 atom stereocenters. The summed E-state index contributed by atoms with van der Waals surface area (Å²) >= 11 is 14.0. The Morgan fingerprint density at radius 1 is 0.969 bits per heavy atom. The second-order valence-electron chi connectivity index (χ2n) is 7.58. The number of halogens is 2. The van der Waals surface area contributed by atoms with Crippen molar-refractivity contribution in [2.45, 2.75) is 10.8 Å². The van der Waals surface area contributed by atoms with E-state index in [1.165, 1.54) is 0 Å². The number of nitrogens with one attached hydrogen (secondary N) is 1. The molecule has 0 aliphatic carbocycles. The first-order chi connectivity index (χ1) is 15.7. The minimum atomic E-state index is 0.625. The van der Waals surface area contributed by atoms with Crippen molar-refractivity contribution in [3.63, 3.8) is 0 Å². The Balaban J connectivity index is 1.53. The number of benzene rings is 1. The Kier molecular flexibility index (Phi) is 6.80. The molecule has 2 aromatic heterocycles. The highest BCUT2D eigenvalue weighted by atomic mass is 35.5. The molecule has 2 aliphatic rings. The molecule has 0 amide bonds. The molecule has 0 spiro atoms. The predicted octanol–water partition coefficient (Wildman–Crippen LogP) is 3.27. The number of fused-ring (bicyclic) bond motifs is 1. The summed E-state index contributed by atoms with van der Waals surface area (Å²) < 4.78 is 5.55. The summed E-state index contributed by atoms with van der Waals surface area (Å²) in [6, 6.07) is 5.56. The van der Waals surface area contributed by atoms with Crippen LogP contribution >= 0.6 is 35.0 Å². The quantitative estimate of drug-likeness (QED) is 0.427. The van der Waals surface area contributed by atoms with Crippen molar-refractivity contribution in [2.75, 3.05) is 62.3 Å². The van der Waals surface area contributed by atoms with E-state index < -0.39 is 0 Å². The number of rotatable bonds is 5. The van der Waals surface area contributed by atoms with Crippen molar-refractivity contribution in [3.05, 3.63) is 40.1 Å². The van der Waals surface area contributed by atoms with Crippen LogP contribution in [-0.4, -0.2) is 72.4 Å². The van der Waals surface area contributed by atoms with Crippen LogP contribution in [0.1, 0.15) is 5.56 Å². The monoisotopic (exact) mass is 491 g/mol. The van der Waals surface area contributed by atoms with Gasteiger partial charge in [-0.1, -0.05) is 41.0 Å². The van der Waals surface area contributed by atoms with Gasteiger partial charge in [0.05, 0.1) is 13.2 Å². The third-order valence-electron chi connectivity index (χ3n) is 5.51. The Hall–Kier alpha value is -1.91. The fourth-order valence-electron chi connectivity index (χ4n) is 3.79. The minimum absolute atomic E-state index is 0.625. The molecule has 2 aliphatic heterocycles. The number of aromatic nitrogens is 4. The van der Waals surface area contributed by atoms with Gasteiger partial charge < -0.3 is 19.9 Å². The fourth-order valence-corrected chi connectivity index (χ4v) is 5.29. The molecule has 0 unspecified atom stereocenters. The lowest BCUT2D eigenvalue weighted by Gasteiger charge is -2.31. The molecular weight excluding hydrogens is 469 g/mol. The molecule has 5 rings (SSSR count). The summed E-state index contributed by atoms with van der Waals surface area (Å²) in [7, 11) is 0. The number of piperazine rings is 1. The van der Waals surface area contributed by atoms with E-state index in [-0.39, 0.29) is 0 Å². The molecule has 32 heavy (non-hydrogen) atoms. The zero-order chi connectivity index (χ0) is 21.9. The highest BCUT2D eigenvalue weighted by molar-refractivity contribution is 7.98. The van der Waals surface area contributed by atoms with Crippen LogP contribution in [0.25, 0.3) is 11.0 Å². The van der Waals surface area contributed by atoms with E-state index in [1.807, 2.05) is 12.1 Å². The highest BCUT2D eigenvalue weighted by Gasteiger charge is 2.23. The van der Waals surface area contributed by atoms with Crippen LogP contribution in [0.15, 0.2) is 29.6 Å². The molecule has 0 saturated carbocycles. The van der Waals surface area contributed by atoms with Crippen LogP contribution in [0.2, 0.25) is 10.0 Å². The van der Waals surface area contributed by atoms with Gasteiger partial charge in [-0.3, -0.25) is 0 Å². The van der Waals surface area contributed by atoms with E-state index >= 15 is 0 Å². The normalized spacial score (nSPS) is 17.2. The van der Waals surface area contributed by atoms with Gasteiger partial charge in [-0.05, 0) is 17.7 Å². The minimum Gasteiger partial charge on any atom is -0.378 e. The number of thioether (sulfide) groups is 1. The molecule has 2 fully saturated rings. The van der Waals surface area contributed by atoms with Crippen LogP contribution in [0.5, 0.6) is 0 Å².